The van der Waals surface area contributed by atoms with Crippen LogP contribution in [-0.2, 0) is 0 Å². The lowest BCUT2D eigenvalue weighted by Crippen LogP contribution is -2.07. The first-order chi connectivity index (χ1) is 43.6. The van der Waals surface area contributed by atoms with Gasteiger partial charge in [-0.1, -0.05) is 158 Å². The van der Waals surface area contributed by atoms with E-state index in [1.54, 1.807) is 6.07 Å². The molecule has 0 radical (unpaired) electrons. The van der Waals surface area contributed by atoms with Gasteiger partial charge in [-0.2, -0.15) is 10.5 Å². The van der Waals surface area contributed by atoms with E-state index >= 15 is 0 Å². The minimum Gasteiger partial charge on any atom is -0.455 e. The Hall–Kier alpha value is -12.2. The van der Waals surface area contributed by atoms with Crippen LogP contribution in [0.2, 0.25) is 0 Å². The van der Waals surface area contributed by atoms with Crippen LogP contribution in [0.3, 0.4) is 0 Å². The molecule has 0 aliphatic heterocycles. The van der Waals surface area contributed by atoms with Crippen molar-refractivity contribution in [2.75, 3.05) is 0 Å². The summed E-state index contributed by atoms with van der Waals surface area (Å²) in [7, 11) is 0. The Morgan fingerprint density at radius 2 is 0.830 bits per heavy atom. The molecule has 1 unspecified atom stereocenters. The number of nitrogens with zero attached hydrogens (tertiary/aromatic N) is 5. The average molecular weight is 1120 g/mol. The van der Waals surface area contributed by atoms with Gasteiger partial charge in [-0.05, 0) is 159 Å². The quantitative estimate of drug-likeness (QED) is 0.166. The predicted molar refractivity (Wildman–Crippen MR) is 357 cm³/mol. The van der Waals surface area contributed by atoms with Gasteiger partial charge in [0.1, 0.15) is 34.5 Å². The maximum Gasteiger partial charge on any atom is 0.145 e. The van der Waals surface area contributed by atoms with Gasteiger partial charge < -0.3 is 22.5 Å². The fourth-order valence-corrected chi connectivity index (χ4v) is 15.0. The SMILES string of the molecule is N#Cc1ccc(-n2c3ccc(-c4ccc5c(c4)-c4ccccc4C5c4ccccc4)cc3c3c4oc5ccccc5c4ccc32)c(-n2c3ccc(-c4ccc5c(c4)c4ccccc4n5-c4ccccc4)cc3c3c4oc5ccccc5c4ccc32)c1C#N. The Morgan fingerprint density at radius 1 is 0.330 bits per heavy atom. The van der Waals surface area contributed by atoms with Crippen molar-refractivity contribution in [3.63, 3.8) is 0 Å². The molecule has 406 valence electrons. The van der Waals surface area contributed by atoms with Crippen molar-refractivity contribution in [1.82, 2.24) is 13.7 Å². The highest BCUT2D eigenvalue weighted by Gasteiger charge is 2.32. The third kappa shape index (κ3) is 6.64. The van der Waals surface area contributed by atoms with Crippen molar-refractivity contribution in [2.24, 2.45) is 0 Å². The monoisotopic (exact) mass is 1120 g/mol. The minimum atomic E-state index is 0.139. The number of furan rings is 2. The molecule has 7 heteroatoms. The minimum absolute atomic E-state index is 0.139. The summed E-state index contributed by atoms with van der Waals surface area (Å²) in [5.41, 5.74) is 22.5. The molecule has 0 fully saturated rings. The van der Waals surface area contributed by atoms with Crippen LogP contribution in [0, 0.1) is 22.7 Å². The van der Waals surface area contributed by atoms with Crippen LogP contribution in [-0.4, -0.2) is 13.7 Å². The van der Waals surface area contributed by atoms with Gasteiger partial charge >= 0.3 is 0 Å². The number of benzene rings is 13. The van der Waals surface area contributed by atoms with E-state index in [9.17, 15) is 10.5 Å². The molecule has 0 bridgehead atoms. The average Bonchev–Trinajstić information content (AvgIpc) is 1.63. The molecule has 5 aromatic heterocycles. The van der Waals surface area contributed by atoms with Crippen LogP contribution in [0.15, 0.2) is 276 Å². The standard InChI is InChI=1S/C81H45N5O2/c82-45-52-31-38-73(85-69-36-29-50(43-64(69)77-71(85)39-33-60-56-21-10-13-25-74(56)87-80(60)77)48-27-32-59-62(41-48)54-19-7-8-23-58(54)76(59)47-15-3-1-4-16-47)79(66(52)46-83)86-70-37-30-51(44-65(70)78-72(86)40-34-61-57-22-11-14-26-75(57)88-81(61)78)49-28-35-68-63(42-49)55-20-9-12-24-67(55)84(68)53-17-5-2-6-18-53/h1-44,76H. The maximum atomic E-state index is 11.7. The molecule has 13 aromatic carbocycles. The summed E-state index contributed by atoms with van der Waals surface area (Å²) in [6.45, 7) is 0. The zero-order valence-corrected chi connectivity index (χ0v) is 47.0. The third-order valence-electron chi connectivity index (χ3n) is 18.8. The second-order valence-corrected chi connectivity index (χ2v) is 23.2. The molecular formula is C81H45N5O2. The summed E-state index contributed by atoms with van der Waals surface area (Å²) in [5, 5.41) is 32.9. The van der Waals surface area contributed by atoms with Gasteiger partial charge in [0.2, 0.25) is 0 Å². The first-order valence-corrected chi connectivity index (χ1v) is 29.7. The van der Waals surface area contributed by atoms with Gasteiger partial charge in [-0.25, -0.2) is 0 Å². The Bertz CT molecular complexity index is 6160. The molecule has 0 saturated heterocycles. The number of rotatable bonds is 6. The number of fused-ring (bicyclic) bond motifs is 20. The lowest BCUT2D eigenvalue weighted by atomic mass is 9.89. The first kappa shape index (κ1) is 48.2. The van der Waals surface area contributed by atoms with Crippen LogP contribution in [0.4, 0.5) is 0 Å². The van der Waals surface area contributed by atoms with Crippen LogP contribution >= 0.6 is 0 Å². The molecule has 88 heavy (non-hydrogen) atoms. The number of hydrogen-bond donors (Lipinski definition) is 0. The van der Waals surface area contributed by atoms with Crippen LogP contribution < -0.4 is 0 Å². The first-order valence-electron chi connectivity index (χ1n) is 29.7. The molecule has 1 atom stereocenters. The summed E-state index contributed by atoms with van der Waals surface area (Å²) < 4.78 is 20.8. The zero-order valence-electron chi connectivity index (χ0n) is 47.0. The van der Waals surface area contributed by atoms with Crippen molar-refractivity contribution in [2.45, 2.75) is 5.92 Å². The molecule has 18 aromatic rings. The molecule has 5 heterocycles. The summed E-state index contributed by atoms with van der Waals surface area (Å²) in [6.07, 6.45) is 0. The van der Waals surface area contributed by atoms with Gasteiger partial charge in [0.05, 0.1) is 66.4 Å². The number of nitriles is 2. The lowest BCUT2D eigenvalue weighted by molar-refractivity contribution is 0.672. The summed E-state index contributed by atoms with van der Waals surface area (Å²) >= 11 is 0. The maximum absolute atomic E-state index is 11.7. The van der Waals surface area contributed by atoms with Gasteiger partial charge in [0, 0.05) is 54.7 Å². The van der Waals surface area contributed by atoms with E-state index in [2.05, 4.69) is 250 Å². The largest absolute Gasteiger partial charge is 0.455 e. The number of aromatic nitrogens is 3. The fourth-order valence-electron chi connectivity index (χ4n) is 15.0. The summed E-state index contributed by atoms with van der Waals surface area (Å²) in [4.78, 5) is 0. The molecule has 0 spiro atoms. The van der Waals surface area contributed by atoms with Crippen molar-refractivity contribution in [1.29, 1.82) is 10.5 Å². The van der Waals surface area contributed by atoms with Gasteiger partial charge in [-0.3, -0.25) is 0 Å². The van der Waals surface area contributed by atoms with E-state index < -0.39 is 0 Å². The van der Waals surface area contributed by atoms with Crippen molar-refractivity contribution >= 4 is 109 Å². The van der Waals surface area contributed by atoms with Gasteiger partial charge in [0.25, 0.3) is 0 Å². The van der Waals surface area contributed by atoms with Crippen molar-refractivity contribution < 1.29 is 8.83 Å². The highest BCUT2D eigenvalue weighted by atomic mass is 16.3. The molecule has 0 saturated carbocycles. The molecule has 0 N–H and O–H groups in total. The molecule has 0 amide bonds. The molecule has 7 nitrogen and oxygen atoms in total. The zero-order chi connectivity index (χ0) is 57.9. The van der Waals surface area contributed by atoms with Gasteiger partial charge in [-0.15, -0.1) is 0 Å². The van der Waals surface area contributed by atoms with E-state index in [-0.39, 0.29) is 17.0 Å². The van der Waals surface area contributed by atoms with E-state index in [1.165, 1.54) is 33.2 Å². The van der Waals surface area contributed by atoms with Crippen LogP contribution in [0.1, 0.15) is 33.7 Å². The van der Waals surface area contributed by atoms with E-state index in [4.69, 9.17) is 8.83 Å². The Labute approximate surface area is 502 Å². The molecule has 19 rings (SSSR count). The topological polar surface area (TPSA) is 88.7 Å². The molecule has 1 aliphatic carbocycles. The highest BCUT2D eigenvalue weighted by Crippen LogP contribution is 2.51. The molecular weight excluding hydrogens is 1070 g/mol. The predicted octanol–water partition coefficient (Wildman–Crippen LogP) is 21.0. The Morgan fingerprint density at radius 3 is 1.49 bits per heavy atom. The Balaban J connectivity index is 0.870. The summed E-state index contributed by atoms with van der Waals surface area (Å²) in [6, 6.07) is 99.7. The lowest BCUT2D eigenvalue weighted by Gasteiger charge is -2.19. The van der Waals surface area contributed by atoms with E-state index in [1.807, 2.05) is 36.4 Å². The van der Waals surface area contributed by atoms with E-state index in [0.29, 0.717) is 5.69 Å². The molecule has 1 aliphatic rings. The fraction of sp³-hybridized carbons (Fsp3) is 0.0123. The van der Waals surface area contributed by atoms with E-state index in [0.717, 1.165) is 138 Å². The second kappa shape index (κ2) is 18.2. The van der Waals surface area contributed by atoms with Gasteiger partial charge in [0.15, 0.2) is 0 Å². The number of para-hydroxylation sites is 4. The van der Waals surface area contributed by atoms with Crippen LogP contribution in [0.25, 0.3) is 160 Å². The number of hydrogen-bond acceptors (Lipinski definition) is 4. The Kier molecular flexibility index (Phi) is 9.96. The second-order valence-electron chi connectivity index (χ2n) is 23.2. The highest BCUT2D eigenvalue weighted by molar-refractivity contribution is 6.26. The van der Waals surface area contributed by atoms with Crippen molar-refractivity contribution in [3.8, 4) is 62.6 Å². The summed E-state index contributed by atoms with van der Waals surface area (Å²) in [5.74, 6) is 0.139. The normalized spacial score (nSPS) is 13.1. The van der Waals surface area contributed by atoms with Crippen molar-refractivity contribution in [3.05, 3.63) is 295 Å². The van der Waals surface area contributed by atoms with Crippen LogP contribution in [0.5, 0.6) is 0 Å². The third-order valence-corrected chi connectivity index (χ3v) is 18.8. The smallest absolute Gasteiger partial charge is 0.145 e.